The number of esters is 1. The van der Waals surface area contributed by atoms with Crippen molar-refractivity contribution in [1.82, 2.24) is 0 Å². The van der Waals surface area contributed by atoms with Crippen LogP contribution in [0.1, 0.15) is 0 Å². The Kier molecular flexibility index (Phi) is 2.95. The molecule has 80 valence electrons. The highest BCUT2D eigenvalue weighted by Crippen LogP contribution is 2.26. The lowest BCUT2D eigenvalue weighted by Crippen LogP contribution is -2.50. The Morgan fingerprint density at radius 1 is 1.40 bits per heavy atom. The highest BCUT2D eigenvalue weighted by molar-refractivity contribution is 9.10. The van der Waals surface area contributed by atoms with Crippen LogP contribution < -0.4 is 4.90 Å². The van der Waals surface area contributed by atoms with Crippen molar-refractivity contribution in [1.29, 1.82) is 0 Å². The van der Waals surface area contributed by atoms with E-state index >= 15 is 0 Å². The van der Waals surface area contributed by atoms with E-state index in [-0.39, 0.29) is 11.9 Å². The number of hydrogen-bond donors (Lipinski definition) is 0. The number of nitrogens with zero attached hydrogens (tertiary/aromatic N) is 1. The van der Waals surface area contributed by atoms with E-state index in [1.165, 1.54) is 7.11 Å². The quantitative estimate of drug-likeness (QED) is 0.770. The van der Waals surface area contributed by atoms with E-state index in [1.807, 2.05) is 24.3 Å². The van der Waals surface area contributed by atoms with Crippen LogP contribution in [0.25, 0.3) is 0 Å². The second kappa shape index (κ2) is 4.23. The summed E-state index contributed by atoms with van der Waals surface area (Å²) < 4.78 is 5.75. The molecule has 0 unspecified atom stereocenters. The molecule has 0 saturated carbocycles. The Balaban J connectivity index is 1.94. The van der Waals surface area contributed by atoms with E-state index < -0.39 is 0 Å². The van der Waals surface area contributed by atoms with Gasteiger partial charge in [-0.05, 0) is 24.3 Å². The summed E-state index contributed by atoms with van der Waals surface area (Å²) in [5, 5.41) is 0. The van der Waals surface area contributed by atoms with Crippen molar-refractivity contribution >= 4 is 27.6 Å². The zero-order chi connectivity index (χ0) is 10.8. The fraction of sp³-hybridized carbons (Fsp3) is 0.364. The van der Waals surface area contributed by atoms with Crippen molar-refractivity contribution in [2.24, 2.45) is 5.92 Å². The fourth-order valence-corrected chi connectivity index (χ4v) is 1.92. The van der Waals surface area contributed by atoms with Crippen LogP contribution in [0.5, 0.6) is 0 Å². The van der Waals surface area contributed by atoms with E-state index in [4.69, 9.17) is 0 Å². The third kappa shape index (κ3) is 2.15. The minimum absolute atomic E-state index is 0.0404. The second-order valence-corrected chi connectivity index (χ2v) is 4.52. The van der Waals surface area contributed by atoms with Crippen LogP contribution in [0.15, 0.2) is 28.7 Å². The highest BCUT2D eigenvalue weighted by Gasteiger charge is 2.33. The topological polar surface area (TPSA) is 29.5 Å². The van der Waals surface area contributed by atoms with Gasteiger partial charge in [-0.15, -0.1) is 0 Å². The van der Waals surface area contributed by atoms with Gasteiger partial charge >= 0.3 is 5.97 Å². The molecule has 1 aromatic rings. The fourth-order valence-electron chi connectivity index (χ4n) is 1.66. The molecule has 0 aliphatic carbocycles. The number of ether oxygens (including phenoxy) is 1. The number of benzene rings is 1. The number of carbonyl (C=O) groups is 1. The van der Waals surface area contributed by atoms with Gasteiger partial charge in [0.15, 0.2) is 0 Å². The van der Waals surface area contributed by atoms with Crippen molar-refractivity contribution in [3.8, 4) is 0 Å². The molecule has 0 atom stereocenters. The van der Waals surface area contributed by atoms with Crippen molar-refractivity contribution in [2.45, 2.75) is 0 Å². The van der Waals surface area contributed by atoms with E-state index in [0.717, 1.165) is 23.2 Å². The van der Waals surface area contributed by atoms with Crippen LogP contribution >= 0.6 is 15.9 Å². The predicted octanol–water partition coefficient (Wildman–Crippen LogP) is 2.06. The van der Waals surface area contributed by atoms with E-state index in [9.17, 15) is 4.79 Å². The minimum atomic E-state index is -0.108. The summed E-state index contributed by atoms with van der Waals surface area (Å²) in [4.78, 5) is 13.3. The largest absolute Gasteiger partial charge is 0.469 e. The third-order valence-electron chi connectivity index (χ3n) is 2.61. The Morgan fingerprint density at radius 3 is 2.53 bits per heavy atom. The van der Waals surface area contributed by atoms with Gasteiger partial charge in [-0.25, -0.2) is 0 Å². The van der Waals surface area contributed by atoms with Gasteiger partial charge in [0.1, 0.15) is 0 Å². The zero-order valence-electron chi connectivity index (χ0n) is 8.44. The molecule has 0 aromatic heterocycles. The summed E-state index contributed by atoms with van der Waals surface area (Å²) in [5.74, 6) is -0.0676. The van der Waals surface area contributed by atoms with Crippen molar-refractivity contribution in [3.05, 3.63) is 28.7 Å². The lowest BCUT2D eigenvalue weighted by Gasteiger charge is -2.39. The minimum Gasteiger partial charge on any atom is -0.469 e. The van der Waals surface area contributed by atoms with Gasteiger partial charge in [0.2, 0.25) is 0 Å². The molecule has 2 rings (SSSR count). The first-order valence-electron chi connectivity index (χ1n) is 4.79. The number of halogens is 1. The number of anilines is 1. The SMILES string of the molecule is COC(=O)C1CN(c2ccc(Br)cc2)C1. The summed E-state index contributed by atoms with van der Waals surface area (Å²) in [6.07, 6.45) is 0. The molecule has 0 amide bonds. The van der Waals surface area contributed by atoms with Crippen LogP contribution in [-0.4, -0.2) is 26.2 Å². The summed E-state index contributed by atoms with van der Waals surface area (Å²) in [6.45, 7) is 1.52. The zero-order valence-corrected chi connectivity index (χ0v) is 10.0. The average Bonchev–Trinajstić information content (AvgIpc) is 2.18. The van der Waals surface area contributed by atoms with Crippen LogP contribution in [-0.2, 0) is 9.53 Å². The van der Waals surface area contributed by atoms with Crippen molar-refractivity contribution < 1.29 is 9.53 Å². The molecule has 1 aliphatic rings. The number of rotatable bonds is 2. The van der Waals surface area contributed by atoms with Gasteiger partial charge in [0.25, 0.3) is 0 Å². The van der Waals surface area contributed by atoms with Crippen LogP contribution in [0.3, 0.4) is 0 Å². The molecule has 1 fully saturated rings. The maximum absolute atomic E-state index is 11.2. The molecule has 15 heavy (non-hydrogen) atoms. The first kappa shape index (κ1) is 10.5. The average molecular weight is 270 g/mol. The molecule has 0 radical (unpaired) electrons. The molecule has 1 saturated heterocycles. The Morgan fingerprint density at radius 2 is 2.00 bits per heavy atom. The van der Waals surface area contributed by atoms with Gasteiger partial charge in [-0.3, -0.25) is 4.79 Å². The Hall–Kier alpha value is -1.03. The standard InChI is InChI=1S/C11H12BrNO2/c1-15-11(14)8-6-13(7-8)10-4-2-9(12)3-5-10/h2-5,8H,6-7H2,1H3. The summed E-state index contributed by atoms with van der Waals surface area (Å²) in [7, 11) is 1.44. The molecular formula is C11H12BrNO2. The molecule has 1 aliphatic heterocycles. The van der Waals surface area contributed by atoms with Crippen molar-refractivity contribution in [3.63, 3.8) is 0 Å². The molecular weight excluding hydrogens is 258 g/mol. The monoisotopic (exact) mass is 269 g/mol. The molecule has 4 heteroatoms. The summed E-state index contributed by atoms with van der Waals surface area (Å²) in [6, 6.07) is 8.08. The normalized spacial score (nSPS) is 16.0. The lowest BCUT2D eigenvalue weighted by molar-refractivity contribution is -0.146. The highest BCUT2D eigenvalue weighted by atomic mass is 79.9. The lowest BCUT2D eigenvalue weighted by atomic mass is 9.99. The van der Waals surface area contributed by atoms with Crippen LogP contribution in [0, 0.1) is 5.92 Å². The van der Waals surface area contributed by atoms with Crippen LogP contribution in [0.2, 0.25) is 0 Å². The predicted molar refractivity (Wildman–Crippen MR) is 61.9 cm³/mol. The van der Waals surface area contributed by atoms with Crippen LogP contribution in [0.4, 0.5) is 5.69 Å². The summed E-state index contributed by atoms with van der Waals surface area (Å²) >= 11 is 3.39. The van der Waals surface area contributed by atoms with Gasteiger partial charge in [0, 0.05) is 23.2 Å². The Labute approximate surface area is 97.2 Å². The molecule has 3 nitrogen and oxygen atoms in total. The maximum atomic E-state index is 11.2. The van der Waals surface area contributed by atoms with Gasteiger partial charge in [-0.2, -0.15) is 0 Å². The first-order valence-corrected chi connectivity index (χ1v) is 5.58. The Bertz CT molecular complexity index is 357. The molecule has 0 N–H and O–H groups in total. The number of carbonyl (C=O) groups excluding carboxylic acids is 1. The van der Waals surface area contributed by atoms with Gasteiger partial charge < -0.3 is 9.64 Å². The molecule has 1 aromatic carbocycles. The van der Waals surface area contributed by atoms with Gasteiger partial charge in [-0.1, -0.05) is 15.9 Å². The number of hydrogen-bond acceptors (Lipinski definition) is 3. The molecule has 1 heterocycles. The van der Waals surface area contributed by atoms with Crippen molar-refractivity contribution in [2.75, 3.05) is 25.1 Å². The van der Waals surface area contributed by atoms with E-state index in [0.29, 0.717) is 0 Å². The maximum Gasteiger partial charge on any atom is 0.312 e. The van der Waals surface area contributed by atoms with E-state index in [1.54, 1.807) is 0 Å². The third-order valence-corrected chi connectivity index (χ3v) is 3.14. The number of methoxy groups -OCH3 is 1. The molecule has 0 spiro atoms. The summed E-state index contributed by atoms with van der Waals surface area (Å²) in [5.41, 5.74) is 1.15. The van der Waals surface area contributed by atoms with Gasteiger partial charge in [0.05, 0.1) is 13.0 Å². The smallest absolute Gasteiger partial charge is 0.312 e. The first-order chi connectivity index (χ1) is 7.20. The van der Waals surface area contributed by atoms with E-state index in [2.05, 4.69) is 25.6 Å². The molecule has 0 bridgehead atoms. The second-order valence-electron chi connectivity index (χ2n) is 3.60.